The highest BCUT2D eigenvalue weighted by atomic mass is 16.7. The van der Waals surface area contributed by atoms with Gasteiger partial charge in [0.1, 0.15) is 8.22 Å². The van der Waals surface area contributed by atoms with Crippen LogP contribution in [-0.2, 0) is 0 Å². The second-order valence-corrected chi connectivity index (χ2v) is 32.0. The van der Waals surface area contributed by atoms with Gasteiger partial charge in [0.25, 0.3) is 0 Å². The van der Waals surface area contributed by atoms with Crippen molar-refractivity contribution in [3.05, 3.63) is 209 Å². The average molecular weight is 1670 g/mol. The van der Waals surface area contributed by atoms with Gasteiger partial charge in [0.05, 0.1) is 56.4 Å². The van der Waals surface area contributed by atoms with E-state index in [0.717, 1.165) is 44.2 Å². The molecule has 14 rings (SSSR count). The maximum Gasteiger partial charge on any atom is 0.231 e. The molecule has 7 aromatic carbocycles. The quantitative estimate of drug-likeness (QED) is 0.0533. The molecule has 21 heteroatoms. The van der Waals surface area contributed by atoms with Crippen molar-refractivity contribution in [3.8, 4) is 80.5 Å². The fraction of sp³-hybridized carbons (Fsp3) is 0.429. The molecule has 0 saturated carbocycles. The Morgan fingerprint density at radius 3 is 0.613 bits per heavy atom. The van der Waals surface area contributed by atoms with Crippen LogP contribution in [0.3, 0.4) is 0 Å². The summed E-state index contributed by atoms with van der Waals surface area (Å²) in [6.45, 7) is -0.490. The van der Waals surface area contributed by atoms with E-state index in [4.69, 9.17) is 113 Å². The van der Waals surface area contributed by atoms with Crippen LogP contribution in [0.5, 0.6) is 80.5 Å². The van der Waals surface area contributed by atoms with Gasteiger partial charge in [0.2, 0.25) is 47.4 Å². The van der Waals surface area contributed by atoms with Crippen LogP contribution in [0.15, 0.2) is 170 Å². The Balaban J connectivity index is 0.000000218. The summed E-state index contributed by atoms with van der Waals surface area (Å²) in [6.07, 6.45) is -3.54. The van der Waals surface area contributed by atoms with Gasteiger partial charge >= 0.3 is 0 Å². The summed E-state index contributed by atoms with van der Waals surface area (Å²) in [4.78, 5) is 0. The monoisotopic (exact) mass is 1670 g/mol. The minimum atomic E-state index is -3.20. The minimum Gasteiger partial charge on any atom is -0.454 e. The van der Waals surface area contributed by atoms with Crippen molar-refractivity contribution in [2.45, 2.75) is 188 Å². The van der Waals surface area contributed by atoms with Crippen LogP contribution in [0.2, 0.25) is 0 Å². The lowest BCUT2D eigenvalue weighted by molar-refractivity contribution is 0.106. The molecular formula is C98H126O21. The third-order valence-electron chi connectivity index (χ3n) is 16.8. The van der Waals surface area contributed by atoms with Gasteiger partial charge in [-0.2, -0.15) is 0 Å². The van der Waals surface area contributed by atoms with Gasteiger partial charge in [-0.25, -0.2) is 0 Å². The average Bonchev–Trinajstić information content (AvgIpc) is 1.69. The molecule has 7 aromatic rings. The molecule has 0 radical (unpaired) electrons. The first-order valence-electron chi connectivity index (χ1n) is 54.1. The molecule has 0 aromatic heterocycles. The molecule has 7 aliphatic heterocycles. The lowest BCUT2D eigenvalue weighted by atomic mass is 9.89. The van der Waals surface area contributed by atoms with Crippen molar-refractivity contribution in [3.63, 3.8) is 0 Å². The number of ether oxygens (including phenoxy) is 14. The van der Waals surface area contributed by atoms with E-state index in [1.54, 1.807) is 114 Å². The van der Waals surface area contributed by atoms with Gasteiger partial charge in [0, 0.05) is 24.7 Å². The third-order valence-corrected chi connectivity index (χ3v) is 16.8. The van der Waals surface area contributed by atoms with E-state index in [9.17, 15) is 35.7 Å². The zero-order valence-electron chi connectivity index (χ0n) is 103. The molecule has 7 N–H and O–H groups in total. The molecule has 644 valence electrons. The zero-order valence-corrected chi connectivity index (χ0v) is 68.6. The number of hydrogen-bond acceptors (Lipinski definition) is 21. The molecule has 7 aliphatic rings. The SMILES string of the molecule is [2H]/C(=C\c1ccc2c(c1)OC([2H])([2H])O2)C(O)C(C)(C([2H])([2H])[2H])C([2H])([2H])[2H].[2H]/C(=C\c1ccc2c(c1)OC([2H])([2H])O2)C(O)C(C)(C)C.[2H]/C(=C\c1ccc2c(c1)OC([2H])([2H])O2)C([2H])(O)C(C)(C)C.[2H]/C(=C\c1ccc2c(c1)OCO2)C(O)C(C)(C([2H])([2H])[2H])C([2H])([2H])[2H].[2H]/C(=C\c1ccc2c(c1)OCO2)C(O)C(C)(C)C.[2H]/C(=C\c1ccc2c(c1)OCO2)C([2H])(O)C(C)(C([2H])([2H])[2H])C([2H])([2H])[2H].[2H]/C(=C\c1ccc2c(c1)OCO2)C([2H])(O)C(C)(C)C. The molecule has 0 aliphatic carbocycles. The Morgan fingerprint density at radius 2 is 0.412 bits per heavy atom. The lowest BCUT2D eigenvalue weighted by Gasteiger charge is -2.22. The maximum atomic E-state index is 10.5. The zero-order chi connectivity index (χ0) is 117. The maximum absolute atomic E-state index is 10.5. The van der Waals surface area contributed by atoms with Gasteiger partial charge in [0.15, 0.2) is 80.5 Å². The van der Waals surface area contributed by atoms with Crippen LogP contribution >= 0.6 is 0 Å². The summed E-state index contributed by atoms with van der Waals surface area (Å²) in [5.41, 5.74) is -6.41. The van der Waals surface area contributed by atoms with Crippen molar-refractivity contribution in [2.75, 3.05) is 47.4 Å². The summed E-state index contributed by atoms with van der Waals surface area (Å²) in [6, 6.07) is 31.6. The Morgan fingerprint density at radius 1 is 0.244 bits per heavy atom. The van der Waals surface area contributed by atoms with Crippen LogP contribution in [-0.4, -0.2) is 126 Å². The molecule has 0 bridgehead atoms. The van der Waals surface area contributed by atoms with Gasteiger partial charge < -0.3 is 102 Å². The number of benzene rings is 7. The number of aliphatic hydroxyl groups is 7. The summed E-state index contributed by atoms with van der Waals surface area (Å²) < 4.78 is 330. The van der Waals surface area contributed by atoms with Gasteiger partial charge in [-0.3, -0.25) is 0 Å². The second-order valence-electron chi connectivity index (χ2n) is 32.0. The Labute approximate surface area is 751 Å². The molecule has 0 spiro atoms. The highest BCUT2D eigenvalue weighted by Gasteiger charge is 2.27. The van der Waals surface area contributed by atoms with Crippen molar-refractivity contribution in [2.24, 2.45) is 37.9 Å². The van der Waals surface area contributed by atoms with Crippen molar-refractivity contribution in [1.82, 2.24) is 0 Å². The summed E-state index contributed by atoms with van der Waals surface area (Å²) in [7, 11) is 0. The summed E-state index contributed by atoms with van der Waals surface area (Å²) >= 11 is 0. The van der Waals surface area contributed by atoms with Gasteiger partial charge in [-0.15, -0.1) is 0 Å². The van der Waals surface area contributed by atoms with Crippen LogP contribution in [0.25, 0.3) is 42.5 Å². The summed E-state index contributed by atoms with van der Waals surface area (Å²) in [5, 5.41) is 71.4. The van der Waals surface area contributed by atoms with E-state index in [1.807, 2.05) is 59.7 Å². The molecule has 7 atom stereocenters. The number of aliphatic hydroxyl groups excluding tert-OH is 4. The van der Waals surface area contributed by atoms with Gasteiger partial charge in [-0.05, 0) is 162 Å². The molecular weight excluding hydrogens is 1510 g/mol. The van der Waals surface area contributed by atoms with Gasteiger partial charge in [-0.1, -0.05) is 272 Å². The topological polar surface area (TPSA) is 271 Å². The third kappa shape index (κ3) is 30.1. The molecule has 0 amide bonds. The number of rotatable bonds is 14. The van der Waals surface area contributed by atoms with Crippen LogP contribution < -0.4 is 66.3 Å². The standard InChI is InChI=1S/7C14H18O3/c7*1-14(2,3)13(15)7-5-10-4-6-11-12(8-10)17-9-16-11/h7*4-8,13,15H,9H2,1-3H3/b7*7-5+/i1D3,2D3,7D,13D;1D3,2D3,7D,9D2;7D,9D2,13D;1D3,2D3,7D;7D,13D;7D,9D2;7D. The van der Waals surface area contributed by atoms with E-state index in [1.165, 1.54) is 66.8 Å². The lowest BCUT2D eigenvalue weighted by Crippen LogP contribution is -2.23. The van der Waals surface area contributed by atoms with E-state index in [-0.39, 0.29) is 85.4 Å². The highest BCUT2D eigenvalue weighted by Crippen LogP contribution is 2.40. The first-order chi connectivity index (χ1) is 69.3. The molecule has 0 saturated heterocycles. The first kappa shape index (κ1) is 56.2. The fourth-order valence-corrected chi connectivity index (χ4v) is 9.25. The summed E-state index contributed by atoms with van der Waals surface area (Å²) in [5.74, 6) is 5.90. The second kappa shape index (κ2) is 41.6. The predicted molar refractivity (Wildman–Crippen MR) is 469 cm³/mol. The first-order valence-corrected chi connectivity index (χ1v) is 37.1. The van der Waals surface area contributed by atoms with Crippen LogP contribution in [0.4, 0.5) is 0 Å². The predicted octanol–water partition coefficient (Wildman–Crippen LogP) is 19.8. The molecule has 7 heterocycles. The Kier molecular flexibility index (Phi) is 19.6. The van der Waals surface area contributed by atoms with E-state index in [0.29, 0.717) is 79.6 Å². The largest absolute Gasteiger partial charge is 0.454 e. The molecule has 21 nitrogen and oxygen atoms in total. The fourth-order valence-electron chi connectivity index (χ4n) is 9.25. The number of hydrogen-bond donors (Lipinski definition) is 7. The van der Waals surface area contributed by atoms with Crippen LogP contribution in [0, 0.1) is 37.9 Å². The Hall–Kier alpha value is -10.4. The smallest absolute Gasteiger partial charge is 0.231 e. The molecule has 0 fully saturated rings. The van der Waals surface area contributed by atoms with E-state index in [2.05, 4.69) is 0 Å². The van der Waals surface area contributed by atoms with Crippen molar-refractivity contribution >= 4 is 42.5 Å². The normalized spacial score (nSPS) is 23.9. The van der Waals surface area contributed by atoms with Crippen molar-refractivity contribution < 1.29 is 149 Å². The number of fused-ring (bicyclic) bond motifs is 7. The molecule has 119 heavy (non-hydrogen) atoms. The van der Waals surface area contributed by atoms with Crippen molar-refractivity contribution in [1.29, 1.82) is 0 Å². The van der Waals surface area contributed by atoms with Crippen LogP contribution in [0.1, 0.15) is 231 Å². The Bertz CT molecular complexity index is 6240. The minimum absolute atomic E-state index is 0.0365. The molecule has 7 unspecified atom stereocenters. The highest BCUT2D eigenvalue weighted by molar-refractivity contribution is 5.63. The van der Waals surface area contributed by atoms with E-state index >= 15 is 0 Å². The van der Waals surface area contributed by atoms with E-state index < -0.39 is 155 Å².